The summed E-state index contributed by atoms with van der Waals surface area (Å²) in [4.78, 5) is 38.5. The van der Waals surface area contributed by atoms with E-state index in [0.29, 0.717) is 5.92 Å². The van der Waals surface area contributed by atoms with Gasteiger partial charge in [-0.1, -0.05) is 6.92 Å². The topological polar surface area (TPSA) is 88.8 Å². The summed E-state index contributed by atoms with van der Waals surface area (Å²) < 4.78 is 10.5. The molecule has 25 heavy (non-hydrogen) atoms. The molecule has 0 bridgehead atoms. The number of carbonyl (C=O) groups excluding carboxylic acids is 3. The van der Waals surface area contributed by atoms with Crippen molar-refractivity contribution in [2.24, 2.45) is 5.92 Å². The van der Waals surface area contributed by atoms with E-state index in [4.69, 9.17) is 9.15 Å². The van der Waals surface area contributed by atoms with Crippen LogP contribution in [0.5, 0.6) is 0 Å². The molecule has 0 radical (unpaired) electrons. The molecule has 1 aromatic rings. The van der Waals surface area contributed by atoms with E-state index >= 15 is 0 Å². The smallest absolute Gasteiger partial charge is 0.344 e. The number of carbonyl (C=O) groups is 3. The highest BCUT2D eigenvalue weighted by Crippen LogP contribution is 2.28. The van der Waals surface area contributed by atoms with Crippen molar-refractivity contribution in [1.29, 1.82) is 0 Å². The molecule has 1 fully saturated rings. The standard InChI is InChI=1S/C18H26N2O5/c1-5-24-18(23)16-15(12(3)21)13(4)25-17(16)19-14(22)10-20-8-6-11(2)7-9-20/h11H,5-10H2,1-4H3,(H,19,22). The number of piperidine rings is 1. The summed E-state index contributed by atoms with van der Waals surface area (Å²) in [6, 6.07) is 0. The highest BCUT2D eigenvalue weighted by Gasteiger charge is 2.29. The Bertz CT molecular complexity index is 657. The van der Waals surface area contributed by atoms with Gasteiger partial charge in [0.25, 0.3) is 0 Å². The Morgan fingerprint density at radius 2 is 1.88 bits per heavy atom. The summed E-state index contributed by atoms with van der Waals surface area (Å²) in [5.41, 5.74) is 0.146. The van der Waals surface area contributed by atoms with E-state index in [-0.39, 0.29) is 47.6 Å². The zero-order chi connectivity index (χ0) is 18.6. The van der Waals surface area contributed by atoms with Gasteiger partial charge in [0.15, 0.2) is 5.78 Å². The molecule has 0 spiro atoms. The zero-order valence-electron chi connectivity index (χ0n) is 15.3. The molecule has 7 heteroatoms. The number of anilines is 1. The summed E-state index contributed by atoms with van der Waals surface area (Å²) in [7, 11) is 0. The molecule has 0 unspecified atom stereocenters. The molecule has 138 valence electrons. The first-order valence-electron chi connectivity index (χ1n) is 8.67. The van der Waals surface area contributed by atoms with E-state index in [2.05, 4.69) is 17.1 Å². The number of likely N-dealkylation sites (tertiary alicyclic amines) is 1. The lowest BCUT2D eigenvalue weighted by Gasteiger charge is -2.29. The minimum absolute atomic E-state index is 0.00698. The van der Waals surface area contributed by atoms with Crippen LogP contribution in [-0.2, 0) is 9.53 Å². The lowest BCUT2D eigenvalue weighted by molar-refractivity contribution is -0.117. The molecular weight excluding hydrogens is 324 g/mol. The van der Waals surface area contributed by atoms with Crippen LogP contribution in [0.4, 0.5) is 5.88 Å². The van der Waals surface area contributed by atoms with Gasteiger partial charge in [-0.15, -0.1) is 0 Å². The molecule has 1 aromatic heterocycles. The van der Waals surface area contributed by atoms with Crippen molar-refractivity contribution in [2.75, 3.05) is 31.6 Å². The van der Waals surface area contributed by atoms with Gasteiger partial charge in [-0.05, 0) is 52.6 Å². The number of ketones is 1. The lowest BCUT2D eigenvalue weighted by atomic mass is 9.99. The summed E-state index contributed by atoms with van der Waals surface area (Å²) in [6.07, 6.45) is 2.13. The van der Waals surface area contributed by atoms with Crippen molar-refractivity contribution in [3.63, 3.8) is 0 Å². The average Bonchev–Trinajstić information content (AvgIpc) is 2.86. The molecule has 0 aliphatic carbocycles. The summed E-state index contributed by atoms with van der Waals surface area (Å²) in [5.74, 6) is -0.305. The molecule has 2 rings (SSSR count). The van der Waals surface area contributed by atoms with Gasteiger partial charge >= 0.3 is 5.97 Å². The van der Waals surface area contributed by atoms with Crippen LogP contribution in [0.25, 0.3) is 0 Å². The van der Waals surface area contributed by atoms with Crippen LogP contribution < -0.4 is 5.32 Å². The molecule has 1 N–H and O–H groups in total. The van der Waals surface area contributed by atoms with Crippen molar-refractivity contribution in [1.82, 2.24) is 4.90 Å². The van der Waals surface area contributed by atoms with Crippen molar-refractivity contribution < 1.29 is 23.5 Å². The Hall–Kier alpha value is -2.15. The molecule has 0 atom stereocenters. The maximum Gasteiger partial charge on any atom is 0.344 e. The van der Waals surface area contributed by atoms with Gasteiger partial charge in [0.2, 0.25) is 11.8 Å². The fraction of sp³-hybridized carbons (Fsp3) is 0.611. The van der Waals surface area contributed by atoms with E-state index in [0.717, 1.165) is 25.9 Å². The summed E-state index contributed by atoms with van der Waals surface area (Å²) >= 11 is 0. The Morgan fingerprint density at radius 3 is 2.44 bits per heavy atom. The van der Waals surface area contributed by atoms with Crippen molar-refractivity contribution in [3.05, 3.63) is 16.9 Å². The van der Waals surface area contributed by atoms with Gasteiger partial charge in [0.05, 0.1) is 18.7 Å². The number of hydrogen-bond donors (Lipinski definition) is 1. The Morgan fingerprint density at radius 1 is 1.24 bits per heavy atom. The molecule has 1 aliphatic rings. The van der Waals surface area contributed by atoms with E-state index in [1.54, 1.807) is 13.8 Å². The maximum absolute atomic E-state index is 12.3. The van der Waals surface area contributed by atoms with Gasteiger partial charge in [-0.3, -0.25) is 19.8 Å². The van der Waals surface area contributed by atoms with Gasteiger partial charge < -0.3 is 9.15 Å². The van der Waals surface area contributed by atoms with Crippen LogP contribution >= 0.6 is 0 Å². The molecule has 0 saturated carbocycles. The SMILES string of the molecule is CCOC(=O)c1c(NC(=O)CN2CCC(C)CC2)oc(C)c1C(C)=O. The predicted molar refractivity (Wildman–Crippen MR) is 92.9 cm³/mol. The van der Waals surface area contributed by atoms with Crippen LogP contribution in [0.3, 0.4) is 0 Å². The molecule has 7 nitrogen and oxygen atoms in total. The van der Waals surface area contributed by atoms with Crippen LogP contribution in [0, 0.1) is 12.8 Å². The van der Waals surface area contributed by atoms with E-state index in [1.165, 1.54) is 6.92 Å². The van der Waals surface area contributed by atoms with E-state index in [9.17, 15) is 14.4 Å². The molecular formula is C18H26N2O5. The van der Waals surface area contributed by atoms with Crippen molar-refractivity contribution >= 4 is 23.5 Å². The number of ether oxygens (including phenoxy) is 1. The third kappa shape index (κ3) is 4.69. The monoisotopic (exact) mass is 350 g/mol. The van der Waals surface area contributed by atoms with Crippen LogP contribution in [0.15, 0.2) is 4.42 Å². The number of Topliss-reactive ketones (excluding diaryl/α,β-unsaturated/α-hetero) is 1. The van der Waals surface area contributed by atoms with Crippen LogP contribution in [0.1, 0.15) is 60.1 Å². The fourth-order valence-corrected chi connectivity index (χ4v) is 3.04. The Balaban J connectivity index is 2.15. The van der Waals surface area contributed by atoms with E-state index in [1.807, 2.05) is 0 Å². The third-order valence-corrected chi connectivity index (χ3v) is 4.41. The number of hydrogen-bond acceptors (Lipinski definition) is 6. The van der Waals surface area contributed by atoms with Crippen LogP contribution in [0.2, 0.25) is 0 Å². The highest BCUT2D eigenvalue weighted by molar-refractivity contribution is 6.10. The first kappa shape index (κ1) is 19.2. The normalized spacial score (nSPS) is 15.8. The summed E-state index contributed by atoms with van der Waals surface area (Å²) in [5, 5.41) is 2.62. The molecule has 2 heterocycles. The fourth-order valence-electron chi connectivity index (χ4n) is 3.04. The number of amides is 1. The second-order valence-electron chi connectivity index (χ2n) is 6.52. The minimum atomic E-state index is -0.674. The predicted octanol–water partition coefficient (Wildman–Crippen LogP) is 2.64. The largest absolute Gasteiger partial charge is 0.462 e. The number of furan rings is 1. The first-order valence-corrected chi connectivity index (χ1v) is 8.67. The third-order valence-electron chi connectivity index (χ3n) is 4.41. The second kappa shape index (κ2) is 8.29. The maximum atomic E-state index is 12.3. The number of rotatable bonds is 6. The van der Waals surface area contributed by atoms with Gasteiger partial charge in [0.1, 0.15) is 11.3 Å². The van der Waals surface area contributed by atoms with Gasteiger partial charge in [-0.25, -0.2) is 4.79 Å². The van der Waals surface area contributed by atoms with Gasteiger partial charge in [-0.2, -0.15) is 0 Å². The first-order chi connectivity index (χ1) is 11.8. The van der Waals surface area contributed by atoms with E-state index < -0.39 is 5.97 Å². The summed E-state index contributed by atoms with van der Waals surface area (Å²) in [6.45, 7) is 8.95. The van der Waals surface area contributed by atoms with Crippen LogP contribution in [-0.4, -0.2) is 48.8 Å². The second-order valence-corrected chi connectivity index (χ2v) is 6.52. The molecule has 1 saturated heterocycles. The highest BCUT2D eigenvalue weighted by atomic mass is 16.5. The quantitative estimate of drug-likeness (QED) is 0.627. The number of aryl methyl sites for hydroxylation is 1. The number of nitrogens with one attached hydrogen (secondary N) is 1. The minimum Gasteiger partial charge on any atom is -0.462 e. The molecule has 0 aromatic carbocycles. The Kier molecular flexibility index (Phi) is 6.36. The van der Waals surface area contributed by atoms with Gasteiger partial charge in [0, 0.05) is 0 Å². The zero-order valence-corrected chi connectivity index (χ0v) is 15.3. The Labute approximate surface area is 147 Å². The number of nitrogens with zero attached hydrogens (tertiary/aromatic N) is 1. The lowest BCUT2D eigenvalue weighted by Crippen LogP contribution is -2.38. The average molecular weight is 350 g/mol. The number of esters is 1. The molecule has 1 amide bonds. The van der Waals surface area contributed by atoms with Crippen molar-refractivity contribution in [3.8, 4) is 0 Å². The molecule has 1 aliphatic heterocycles. The van der Waals surface area contributed by atoms with Crippen molar-refractivity contribution in [2.45, 2.75) is 40.5 Å².